The topological polar surface area (TPSA) is 33.1 Å². The van der Waals surface area contributed by atoms with Crippen molar-refractivity contribution in [3.8, 4) is 0 Å². The molecule has 18 heavy (non-hydrogen) atoms. The first-order chi connectivity index (χ1) is 8.66. The van der Waals surface area contributed by atoms with Gasteiger partial charge in [0.25, 0.3) is 0 Å². The lowest BCUT2D eigenvalue weighted by Gasteiger charge is -2.37. The van der Waals surface area contributed by atoms with Crippen LogP contribution in [0.3, 0.4) is 0 Å². The van der Waals surface area contributed by atoms with E-state index in [0.29, 0.717) is 0 Å². The first-order valence-electron chi connectivity index (χ1n) is 6.79. The number of aryl methyl sites for hydroxylation is 2. The molecule has 100 valence electrons. The maximum atomic E-state index is 4.49. The molecule has 3 rings (SSSR count). The highest BCUT2D eigenvalue weighted by molar-refractivity contribution is 9.10. The molecule has 0 radical (unpaired) electrons. The molecule has 2 aliphatic rings. The lowest BCUT2D eigenvalue weighted by atomic mass is 9.92. The number of nitrogens with zero attached hydrogens (tertiary/aromatic N) is 3. The van der Waals surface area contributed by atoms with Crippen LogP contribution in [0.25, 0.3) is 0 Å². The van der Waals surface area contributed by atoms with Crippen molar-refractivity contribution in [2.75, 3.05) is 19.6 Å². The van der Waals surface area contributed by atoms with Gasteiger partial charge in [-0.2, -0.15) is 5.10 Å². The fourth-order valence-electron chi connectivity index (χ4n) is 3.40. The summed E-state index contributed by atoms with van der Waals surface area (Å²) in [6.45, 7) is 6.65. The van der Waals surface area contributed by atoms with Gasteiger partial charge >= 0.3 is 0 Å². The van der Waals surface area contributed by atoms with E-state index >= 15 is 0 Å². The van der Waals surface area contributed by atoms with Crippen LogP contribution in [0.15, 0.2) is 4.47 Å². The zero-order chi connectivity index (χ0) is 12.7. The number of hydrogen-bond acceptors (Lipinski definition) is 3. The van der Waals surface area contributed by atoms with Gasteiger partial charge < -0.3 is 5.32 Å². The summed E-state index contributed by atoms with van der Waals surface area (Å²) in [5.41, 5.74) is 2.39. The van der Waals surface area contributed by atoms with E-state index < -0.39 is 0 Å². The number of halogens is 1. The van der Waals surface area contributed by atoms with Crippen LogP contribution in [-0.4, -0.2) is 40.4 Å². The van der Waals surface area contributed by atoms with Crippen LogP contribution in [0.2, 0.25) is 0 Å². The van der Waals surface area contributed by atoms with Crippen LogP contribution in [0.5, 0.6) is 0 Å². The molecule has 0 aliphatic carbocycles. The third-order valence-electron chi connectivity index (χ3n) is 4.41. The molecule has 1 aromatic rings. The Kier molecular flexibility index (Phi) is 3.47. The first-order valence-corrected chi connectivity index (χ1v) is 7.59. The molecule has 1 N–H and O–H groups in total. The number of aromatic nitrogens is 2. The molecule has 0 spiro atoms. The van der Waals surface area contributed by atoms with Gasteiger partial charge in [-0.3, -0.25) is 9.58 Å². The second-order valence-corrected chi connectivity index (χ2v) is 6.36. The second-order valence-electron chi connectivity index (χ2n) is 5.57. The van der Waals surface area contributed by atoms with E-state index in [1.54, 1.807) is 0 Å². The van der Waals surface area contributed by atoms with Crippen LogP contribution < -0.4 is 5.32 Å². The number of hydrogen-bond donors (Lipinski definition) is 1. The molecule has 2 aliphatic heterocycles. The molecule has 0 amide bonds. The Morgan fingerprint density at radius 2 is 2.28 bits per heavy atom. The van der Waals surface area contributed by atoms with E-state index in [2.05, 4.69) is 38.2 Å². The van der Waals surface area contributed by atoms with Crippen molar-refractivity contribution < 1.29 is 0 Å². The van der Waals surface area contributed by atoms with Crippen molar-refractivity contribution in [2.45, 2.75) is 32.4 Å². The van der Waals surface area contributed by atoms with Crippen molar-refractivity contribution >= 4 is 15.9 Å². The average molecular weight is 313 g/mol. The Morgan fingerprint density at radius 1 is 1.44 bits per heavy atom. The summed E-state index contributed by atoms with van der Waals surface area (Å²) in [6, 6.07) is 0.723. The minimum atomic E-state index is 0.723. The normalized spacial score (nSPS) is 28.6. The largest absolute Gasteiger partial charge is 0.315 e. The summed E-state index contributed by atoms with van der Waals surface area (Å²) in [6.07, 6.45) is 2.72. The van der Waals surface area contributed by atoms with Gasteiger partial charge in [0.1, 0.15) is 0 Å². The summed E-state index contributed by atoms with van der Waals surface area (Å²) in [5, 5.41) is 8.03. The van der Waals surface area contributed by atoms with Crippen LogP contribution >= 0.6 is 15.9 Å². The van der Waals surface area contributed by atoms with Gasteiger partial charge in [-0.05, 0) is 54.7 Å². The van der Waals surface area contributed by atoms with Gasteiger partial charge in [0.15, 0.2) is 0 Å². The molecule has 2 unspecified atom stereocenters. The van der Waals surface area contributed by atoms with E-state index in [9.17, 15) is 0 Å². The first kappa shape index (κ1) is 12.6. The zero-order valence-electron chi connectivity index (χ0n) is 11.1. The third kappa shape index (κ3) is 2.12. The van der Waals surface area contributed by atoms with Crippen molar-refractivity contribution in [2.24, 2.45) is 13.0 Å². The minimum Gasteiger partial charge on any atom is -0.315 e. The quantitative estimate of drug-likeness (QED) is 0.902. The van der Waals surface area contributed by atoms with Gasteiger partial charge in [0.2, 0.25) is 0 Å². The van der Waals surface area contributed by atoms with Crippen molar-refractivity contribution in [3.05, 3.63) is 15.9 Å². The minimum absolute atomic E-state index is 0.723. The number of piperidine rings is 1. The standard InChI is InChI=1S/C13H21BrN4/c1-9-13(14)12(17(2)16-9)8-18-5-3-4-10-6-15-7-11(10)18/h10-11,15H,3-8H2,1-2H3. The molecule has 2 saturated heterocycles. The molecule has 4 nitrogen and oxygen atoms in total. The van der Waals surface area contributed by atoms with Gasteiger partial charge in [0, 0.05) is 26.2 Å². The summed E-state index contributed by atoms with van der Waals surface area (Å²) < 4.78 is 3.20. The highest BCUT2D eigenvalue weighted by Gasteiger charge is 2.35. The molecular formula is C13H21BrN4. The molecule has 1 aromatic heterocycles. The van der Waals surface area contributed by atoms with E-state index in [1.807, 2.05) is 11.7 Å². The fraction of sp³-hybridized carbons (Fsp3) is 0.769. The molecule has 0 aromatic carbocycles. The Balaban J connectivity index is 1.79. The molecule has 5 heteroatoms. The van der Waals surface area contributed by atoms with Gasteiger partial charge in [-0.25, -0.2) is 0 Å². The zero-order valence-corrected chi connectivity index (χ0v) is 12.7. The predicted octanol–water partition coefficient (Wildman–Crippen LogP) is 1.67. The molecule has 2 atom stereocenters. The summed E-state index contributed by atoms with van der Waals surface area (Å²) in [5.74, 6) is 0.854. The maximum Gasteiger partial charge on any atom is 0.0739 e. The Morgan fingerprint density at radius 3 is 3.00 bits per heavy atom. The lowest BCUT2D eigenvalue weighted by molar-refractivity contribution is 0.114. The van der Waals surface area contributed by atoms with Crippen LogP contribution in [0.1, 0.15) is 24.2 Å². The fourth-order valence-corrected chi connectivity index (χ4v) is 3.87. The van der Waals surface area contributed by atoms with Gasteiger partial charge in [-0.15, -0.1) is 0 Å². The summed E-state index contributed by atoms with van der Waals surface area (Å²) in [4.78, 5) is 2.63. The smallest absolute Gasteiger partial charge is 0.0739 e. The summed E-state index contributed by atoms with van der Waals surface area (Å²) in [7, 11) is 2.04. The van der Waals surface area contributed by atoms with Crippen LogP contribution in [-0.2, 0) is 13.6 Å². The average Bonchev–Trinajstić information content (AvgIpc) is 2.91. The second kappa shape index (κ2) is 4.94. The van der Waals surface area contributed by atoms with E-state index in [1.165, 1.54) is 36.1 Å². The summed E-state index contributed by atoms with van der Waals surface area (Å²) >= 11 is 3.67. The molecular weight excluding hydrogens is 292 g/mol. The van der Waals surface area contributed by atoms with E-state index in [-0.39, 0.29) is 0 Å². The SMILES string of the molecule is Cc1nn(C)c(CN2CCCC3CNCC32)c1Br. The molecule has 0 bridgehead atoms. The van der Waals surface area contributed by atoms with Crippen LogP contribution in [0.4, 0.5) is 0 Å². The highest BCUT2D eigenvalue weighted by Crippen LogP contribution is 2.29. The van der Waals surface area contributed by atoms with Crippen LogP contribution in [0, 0.1) is 12.8 Å². The van der Waals surface area contributed by atoms with Gasteiger partial charge in [0.05, 0.1) is 15.9 Å². The highest BCUT2D eigenvalue weighted by atomic mass is 79.9. The van der Waals surface area contributed by atoms with Crippen molar-refractivity contribution in [3.63, 3.8) is 0 Å². The van der Waals surface area contributed by atoms with Crippen molar-refractivity contribution in [1.29, 1.82) is 0 Å². The number of fused-ring (bicyclic) bond motifs is 1. The molecule has 0 saturated carbocycles. The molecule has 3 heterocycles. The maximum absolute atomic E-state index is 4.49. The Bertz CT molecular complexity index is 442. The third-order valence-corrected chi connectivity index (χ3v) is 5.44. The van der Waals surface area contributed by atoms with Gasteiger partial charge in [-0.1, -0.05) is 0 Å². The lowest BCUT2D eigenvalue weighted by Crippen LogP contribution is -2.44. The number of nitrogens with one attached hydrogen (secondary N) is 1. The Labute approximate surface area is 117 Å². The number of likely N-dealkylation sites (tertiary alicyclic amines) is 1. The van der Waals surface area contributed by atoms with Crippen molar-refractivity contribution in [1.82, 2.24) is 20.0 Å². The van der Waals surface area contributed by atoms with E-state index in [4.69, 9.17) is 0 Å². The molecule has 2 fully saturated rings. The van der Waals surface area contributed by atoms with E-state index in [0.717, 1.165) is 30.7 Å². The number of rotatable bonds is 2. The predicted molar refractivity (Wildman–Crippen MR) is 75.4 cm³/mol. The Hall–Kier alpha value is -0.390. The monoisotopic (exact) mass is 312 g/mol.